The van der Waals surface area contributed by atoms with Crippen LogP contribution in [-0.2, 0) is 13.1 Å². The molecule has 0 spiro atoms. The zero-order valence-corrected chi connectivity index (χ0v) is 16.1. The third-order valence-electron chi connectivity index (χ3n) is 6.29. The topological polar surface area (TPSA) is 51.8 Å². The molecule has 26 heavy (non-hydrogen) atoms. The van der Waals surface area contributed by atoms with Crippen LogP contribution in [0.15, 0.2) is 18.7 Å². The number of rotatable bonds is 5. The van der Waals surface area contributed by atoms with Crippen molar-refractivity contribution in [2.24, 2.45) is 0 Å². The highest BCUT2D eigenvalue weighted by Gasteiger charge is 2.29. The maximum Gasteiger partial charge on any atom is 0.153 e. The average molecular weight is 357 g/mol. The molecule has 0 aromatic carbocycles. The van der Waals surface area contributed by atoms with E-state index in [0.717, 1.165) is 25.0 Å². The summed E-state index contributed by atoms with van der Waals surface area (Å²) in [5.41, 5.74) is 0. The number of piperidine rings is 1. The van der Waals surface area contributed by atoms with E-state index < -0.39 is 0 Å². The lowest BCUT2D eigenvalue weighted by atomic mass is 9.93. The minimum atomic E-state index is 0.556. The summed E-state index contributed by atoms with van der Waals surface area (Å²) in [5.74, 6) is 2.80. The monoisotopic (exact) mass is 356 g/mol. The summed E-state index contributed by atoms with van der Waals surface area (Å²) in [5, 5.41) is 9.11. The van der Waals surface area contributed by atoms with Crippen molar-refractivity contribution in [3.63, 3.8) is 0 Å². The Labute approximate surface area is 156 Å². The molecule has 0 amide bonds. The molecule has 0 unspecified atom stereocenters. The molecule has 1 saturated carbocycles. The largest absolute Gasteiger partial charge is 0.330 e. The van der Waals surface area contributed by atoms with Gasteiger partial charge in [0.05, 0.1) is 12.9 Å². The van der Waals surface area contributed by atoms with Crippen LogP contribution in [-0.4, -0.2) is 48.3 Å². The van der Waals surface area contributed by atoms with Gasteiger partial charge in [0.2, 0.25) is 0 Å². The number of aromatic nitrogens is 5. The normalized spacial score (nSPS) is 21.1. The van der Waals surface area contributed by atoms with Gasteiger partial charge in [0.25, 0.3) is 0 Å². The highest BCUT2D eigenvalue weighted by atomic mass is 15.3. The van der Waals surface area contributed by atoms with Gasteiger partial charge in [-0.1, -0.05) is 25.7 Å². The fraction of sp³-hybridized carbons (Fsp3) is 0.750. The second kappa shape index (κ2) is 8.33. The third kappa shape index (κ3) is 3.85. The van der Waals surface area contributed by atoms with Crippen LogP contribution < -0.4 is 0 Å². The average Bonchev–Trinajstić information content (AvgIpc) is 3.25. The molecule has 0 atom stereocenters. The summed E-state index contributed by atoms with van der Waals surface area (Å²) < 4.78 is 4.39. The lowest BCUT2D eigenvalue weighted by Gasteiger charge is -2.37. The second-order valence-corrected chi connectivity index (χ2v) is 7.91. The van der Waals surface area contributed by atoms with Gasteiger partial charge in [-0.25, -0.2) is 4.98 Å². The third-order valence-corrected chi connectivity index (χ3v) is 6.29. The lowest BCUT2D eigenvalue weighted by Crippen LogP contribution is -2.41. The first-order valence-corrected chi connectivity index (χ1v) is 10.5. The Morgan fingerprint density at radius 1 is 1.00 bits per heavy atom. The first kappa shape index (κ1) is 17.7. The minimum Gasteiger partial charge on any atom is -0.330 e. The van der Waals surface area contributed by atoms with Gasteiger partial charge in [0.1, 0.15) is 5.82 Å². The molecule has 2 aromatic rings. The summed E-state index contributed by atoms with van der Waals surface area (Å²) in [4.78, 5) is 6.89. The minimum absolute atomic E-state index is 0.556. The molecule has 142 valence electrons. The SMILES string of the molecule is CCn1c(Cn2ccnc2)nnc1C1CCN(C2CCCCCC2)CC1. The number of likely N-dealkylation sites (tertiary alicyclic amines) is 1. The molecule has 1 aliphatic carbocycles. The zero-order chi connectivity index (χ0) is 17.8. The molecular weight excluding hydrogens is 324 g/mol. The summed E-state index contributed by atoms with van der Waals surface area (Å²) in [6.45, 7) is 6.34. The van der Waals surface area contributed by atoms with Crippen LogP contribution in [0.4, 0.5) is 0 Å². The van der Waals surface area contributed by atoms with E-state index in [1.807, 2.05) is 18.7 Å². The van der Waals surface area contributed by atoms with Gasteiger partial charge in [0, 0.05) is 30.9 Å². The zero-order valence-electron chi connectivity index (χ0n) is 16.1. The van der Waals surface area contributed by atoms with E-state index in [-0.39, 0.29) is 0 Å². The Hall–Kier alpha value is -1.69. The van der Waals surface area contributed by atoms with Crippen molar-refractivity contribution in [1.29, 1.82) is 0 Å². The van der Waals surface area contributed by atoms with Crippen LogP contribution in [0, 0.1) is 0 Å². The van der Waals surface area contributed by atoms with Crippen LogP contribution >= 0.6 is 0 Å². The van der Waals surface area contributed by atoms with Crippen molar-refractivity contribution in [1.82, 2.24) is 29.2 Å². The Kier molecular flexibility index (Phi) is 5.68. The number of nitrogens with zero attached hydrogens (tertiary/aromatic N) is 6. The van der Waals surface area contributed by atoms with Crippen molar-refractivity contribution in [2.75, 3.05) is 13.1 Å². The van der Waals surface area contributed by atoms with Gasteiger partial charge in [-0.15, -0.1) is 10.2 Å². The summed E-state index contributed by atoms with van der Waals surface area (Å²) in [6.07, 6.45) is 16.6. The molecule has 0 radical (unpaired) electrons. The van der Waals surface area contributed by atoms with Gasteiger partial charge in [-0.05, 0) is 45.7 Å². The predicted octanol–water partition coefficient (Wildman–Crippen LogP) is 3.45. The van der Waals surface area contributed by atoms with Gasteiger partial charge in [0.15, 0.2) is 5.82 Å². The van der Waals surface area contributed by atoms with E-state index in [2.05, 4.69) is 36.1 Å². The van der Waals surface area contributed by atoms with Gasteiger partial charge >= 0.3 is 0 Å². The molecule has 2 aromatic heterocycles. The molecule has 1 aliphatic heterocycles. The Bertz CT molecular complexity index is 661. The van der Waals surface area contributed by atoms with Crippen LogP contribution in [0.5, 0.6) is 0 Å². The van der Waals surface area contributed by atoms with Crippen molar-refractivity contribution in [3.8, 4) is 0 Å². The summed E-state index contributed by atoms with van der Waals surface area (Å²) >= 11 is 0. The Balaban J connectivity index is 1.40. The van der Waals surface area contributed by atoms with Crippen molar-refractivity contribution in [2.45, 2.75) is 83.3 Å². The standard InChI is InChI=1S/C20H32N6/c1-2-26-19(15-24-14-11-21-16-24)22-23-20(26)17-9-12-25(13-10-17)18-7-5-3-4-6-8-18/h11,14,16-18H,2-10,12-13,15H2,1H3. The van der Waals surface area contributed by atoms with Gasteiger partial charge < -0.3 is 14.0 Å². The van der Waals surface area contributed by atoms with Crippen molar-refractivity contribution in [3.05, 3.63) is 30.4 Å². The number of imidazole rings is 1. The van der Waals surface area contributed by atoms with E-state index in [9.17, 15) is 0 Å². The molecule has 1 saturated heterocycles. The molecule has 3 heterocycles. The quantitative estimate of drug-likeness (QED) is 0.770. The van der Waals surface area contributed by atoms with Crippen LogP contribution in [0.3, 0.4) is 0 Å². The highest BCUT2D eigenvalue weighted by molar-refractivity contribution is 5.05. The molecule has 6 heteroatoms. The maximum absolute atomic E-state index is 4.60. The first-order chi connectivity index (χ1) is 12.8. The Morgan fingerprint density at radius 2 is 1.77 bits per heavy atom. The first-order valence-electron chi connectivity index (χ1n) is 10.5. The number of hydrogen-bond acceptors (Lipinski definition) is 4. The lowest BCUT2D eigenvalue weighted by molar-refractivity contribution is 0.136. The summed E-state index contributed by atoms with van der Waals surface area (Å²) in [7, 11) is 0. The van der Waals surface area contributed by atoms with Crippen LogP contribution in [0.1, 0.15) is 75.9 Å². The maximum atomic E-state index is 4.60. The van der Waals surface area contributed by atoms with E-state index in [4.69, 9.17) is 0 Å². The van der Waals surface area contributed by atoms with Crippen LogP contribution in [0.2, 0.25) is 0 Å². The van der Waals surface area contributed by atoms with E-state index in [1.165, 1.54) is 70.3 Å². The van der Waals surface area contributed by atoms with E-state index in [1.54, 1.807) is 0 Å². The molecule has 0 N–H and O–H groups in total. The Morgan fingerprint density at radius 3 is 2.42 bits per heavy atom. The van der Waals surface area contributed by atoms with Gasteiger partial charge in [-0.3, -0.25) is 0 Å². The van der Waals surface area contributed by atoms with Crippen LogP contribution in [0.25, 0.3) is 0 Å². The van der Waals surface area contributed by atoms with E-state index >= 15 is 0 Å². The van der Waals surface area contributed by atoms with E-state index in [0.29, 0.717) is 5.92 Å². The molecular formula is C20H32N6. The molecule has 2 aliphatic rings. The van der Waals surface area contributed by atoms with Crippen molar-refractivity contribution >= 4 is 0 Å². The summed E-state index contributed by atoms with van der Waals surface area (Å²) in [6, 6.07) is 0.833. The fourth-order valence-corrected chi connectivity index (χ4v) is 4.80. The van der Waals surface area contributed by atoms with Crippen molar-refractivity contribution < 1.29 is 0 Å². The highest BCUT2D eigenvalue weighted by Crippen LogP contribution is 2.31. The second-order valence-electron chi connectivity index (χ2n) is 7.91. The van der Waals surface area contributed by atoms with Gasteiger partial charge in [-0.2, -0.15) is 0 Å². The molecule has 6 nitrogen and oxygen atoms in total. The molecule has 0 bridgehead atoms. The number of hydrogen-bond donors (Lipinski definition) is 0. The smallest absolute Gasteiger partial charge is 0.153 e. The molecule has 2 fully saturated rings. The predicted molar refractivity (Wildman–Crippen MR) is 102 cm³/mol. The molecule has 4 rings (SSSR count). The fourth-order valence-electron chi connectivity index (χ4n) is 4.80.